The number of nitrogens with one attached hydrogen (secondary N) is 1. The molecule has 3 heteroatoms. The lowest BCUT2D eigenvalue weighted by Gasteiger charge is -2.05. The lowest BCUT2D eigenvalue weighted by molar-refractivity contribution is -0.130. The molecule has 0 rings (SSSR count). The highest BCUT2D eigenvalue weighted by atomic mass is 16.2. The van der Waals surface area contributed by atoms with E-state index in [0.717, 1.165) is 25.7 Å². The third-order valence-corrected chi connectivity index (χ3v) is 7.45. The van der Waals surface area contributed by atoms with E-state index in [1.165, 1.54) is 141 Å². The van der Waals surface area contributed by atoms with E-state index in [1.807, 2.05) is 0 Å². The van der Waals surface area contributed by atoms with E-state index < -0.39 is 0 Å². The molecule has 0 heterocycles. The van der Waals surface area contributed by atoms with E-state index in [2.05, 4.69) is 31.3 Å². The highest BCUT2D eigenvalue weighted by Crippen LogP contribution is 2.13. The summed E-state index contributed by atoms with van der Waals surface area (Å²) >= 11 is 0. The maximum atomic E-state index is 12.0. The summed E-state index contributed by atoms with van der Waals surface area (Å²) in [6, 6.07) is 0. The summed E-state index contributed by atoms with van der Waals surface area (Å²) in [4.78, 5) is 24.0. The molecule has 0 aliphatic heterocycles. The molecular weight excluding hydrogens is 454 g/mol. The van der Waals surface area contributed by atoms with Gasteiger partial charge in [-0.15, -0.1) is 0 Å². The monoisotopic (exact) mass is 520 g/mol. The molecule has 0 aliphatic carbocycles. The first kappa shape index (κ1) is 35.9. The Bertz CT molecular complexity index is 514. The van der Waals surface area contributed by atoms with Crippen molar-refractivity contribution in [3.05, 3.63) is 12.2 Å². The fourth-order valence-electron chi connectivity index (χ4n) is 4.94. The molecule has 0 bridgehead atoms. The average Bonchev–Trinajstić information content (AvgIpc) is 2.89. The van der Waals surface area contributed by atoms with Gasteiger partial charge in [-0.25, -0.2) is 0 Å². The summed E-state index contributed by atoms with van der Waals surface area (Å²) in [6.07, 6.45) is 38.9. The molecule has 2 amide bonds. The standard InChI is InChI=1S/C34H65NO2/c1-3-5-7-9-11-13-15-17-18-20-22-24-26-28-30-32-34(37)35-33(36)31-29-27-25-23-21-19-16-14-12-10-8-6-4-2/h17-18H,3-16,19-32H2,1-2H3,(H,35,36,37). The Hall–Kier alpha value is -1.12. The van der Waals surface area contributed by atoms with Crippen LogP contribution in [0.1, 0.15) is 194 Å². The molecule has 0 saturated heterocycles. The first-order valence-corrected chi connectivity index (χ1v) is 16.7. The van der Waals surface area contributed by atoms with Gasteiger partial charge in [0.2, 0.25) is 11.8 Å². The van der Waals surface area contributed by atoms with Crippen molar-refractivity contribution < 1.29 is 9.59 Å². The van der Waals surface area contributed by atoms with Gasteiger partial charge in [-0.05, 0) is 38.5 Å². The van der Waals surface area contributed by atoms with Gasteiger partial charge in [-0.2, -0.15) is 0 Å². The summed E-state index contributed by atoms with van der Waals surface area (Å²) in [5.74, 6) is -0.168. The van der Waals surface area contributed by atoms with Gasteiger partial charge in [0.25, 0.3) is 0 Å². The molecule has 0 unspecified atom stereocenters. The minimum atomic E-state index is -0.0858. The molecule has 0 fully saturated rings. The Kier molecular flexibility index (Phi) is 30.2. The molecule has 0 aromatic rings. The van der Waals surface area contributed by atoms with E-state index in [9.17, 15) is 9.59 Å². The van der Waals surface area contributed by atoms with Gasteiger partial charge in [0.05, 0.1) is 0 Å². The van der Waals surface area contributed by atoms with Crippen LogP contribution in [0.2, 0.25) is 0 Å². The third-order valence-electron chi connectivity index (χ3n) is 7.45. The van der Waals surface area contributed by atoms with Crippen LogP contribution in [0.4, 0.5) is 0 Å². The van der Waals surface area contributed by atoms with Crippen LogP contribution >= 0.6 is 0 Å². The maximum absolute atomic E-state index is 12.0. The second-order valence-electron chi connectivity index (χ2n) is 11.3. The minimum Gasteiger partial charge on any atom is -0.296 e. The summed E-state index contributed by atoms with van der Waals surface area (Å²) in [5.41, 5.74) is 0. The zero-order chi connectivity index (χ0) is 27.1. The van der Waals surface area contributed by atoms with Crippen LogP contribution in [0, 0.1) is 0 Å². The first-order chi connectivity index (χ1) is 18.2. The average molecular weight is 520 g/mol. The van der Waals surface area contributed by atoms with Crippen LogP contribution in [0.3, 0.4) is 0 Å². The molecule has 0 aromatic carbocycles. The quantitative estimate of drug-likeness (QED) is 0.0788. The fourth-order valence-corrected chi connectivity index (χ4v) is 4.94. The Morgan fingerprint density at radius 1 is 0.405 bits per heavy atom. The predicted octanol–water partition coefficient (Wildman–Crippen LogP) is 11.1. The molecule has 0 saturated carbocycles. The van der Waals surface area contributed by atoms with Crippen LogP contribution < -0.4 is 5.32 Å². The predicted molar refractivity (Wildman–Crippen MR) is 163 cm³/mol. The number of rotatable bonds is 29. The molecule has 3 nitrogen and oxygen atoms in total. The van der Waals surface area contributed by atoms with Gasteiger partial charge in [0, 0.05) is 12.8 Å². The minimum absolute atomic E-state index is 0.0826. The SMILES string of the molecule is CCCCCCCCC=CCCCCCCCC(=O)NC(=O)CCCCCCCCCCCCCCC. The van der Waals surface area contributed by atoms with Crippen molar-refractivity contribution >= 4 is 11.8 Å². The molecule has 0 aliphatic rings. The van der Waals surface area contributed by atoms with Gasteiger partial charge >= 0.3 is 0 Å². The smallest absolute Gasteiger partial charge is 0.226 e. The zero-order valence-corrected chi connectivity index (χ0v) is 25.3. The van der Waals surface area contributed by atoms with Crippen molar-refractivity contribution in [1.29, 1.82) is 0 Å². The number of unbranched alkanes of at least 4 members (excludes halogenated alkanes) is 23. The van der Waals surface area contributed by atoms with Crippen molar-refractivity contribution in [1.82, 2.24) is 5.32 Å². The number of allylic oxidation sites excluding steroid dienone is 2. The molecular formula is C34H65NO2. The first-order valence-electron chi connectivity index (χ1n) is 16.7. The molecule has 0 atom stereocenters. The summed E-state index contributed by atoms with van der Waals surface area (Å²) in [5, 5.41) is 2.59. The number of carbonyl (C=O) groups is 2. The van der Waals surface area contributed by atoms with Crippen LogP contribution in [-0.4, -0.2) is 11.8 Å². The highest BCUT2D eigenvalue weighted by Gasteiger charge is 2.07. The number of imide groups is 1. The largest absolute Gasteiger partial charge is 0.296 e. The van der Waals surface area contributed by atoms with E-state index in [4.69, 9.17) is 0 Å². The van der Waals surface area contributed by atoms with E-state index in [-0.39, 0.29) is 11.8 Å². The second-order valence-corrected chi connectivity index (χ2v) is 11.3. The van der Waals surface area contributed by atoms with Crippen molar-refractivity contribution in [3.63, 3.8) is 0 Å². The Morgan fingerprint density at radius 3 is 1.00 bits per heavy atom. The molecule has 37 heavy (non-hydrogen) atoms. The highest BCUT2D eigenvalue weighted by molar-refractivity contribution is 5.95. The van der Waals surface area contributed by atoms with Crippen molar-refractivity contribution in [2.45, 2.75) is 194 Å². The van der Waals surface area contributed by atoms with Crippen LogP contribution in [-0.2, 0) is 9.59 Å². The van der Waals surface area contributed by atoms with Crippen molar-refractivity contribution in [2.75, 3.05) is 0 Å². The normalized spacial score (nSPS) is 11.4. The van der Waals surface area contributed by atoms with Crippen molar-refractivity contribution in [3.8, 4) is 0 Å². The molecule has 1 N–H and O–H groups in total. The lowest BCUT2D eigenvalue weighted by Crippen LogP contribution is -2.29. The third kappa shape index (κ3) is 31.0. The Balaban J connectivity index is 3.33. The van der Waals surface area contributed by atoms with Gasteiger partial charge in [0.1, 0.15) is 0 Å². The van der Waals surface area contributed by atoms with Crippen LogP contribution in [0.15, 0.2) is 12.2 Å². The molecule has 218 valence electrons. The molecule has 0 radical (unpaired) electrons. The summed E-state index contributed by atoms with van der Waals surface area (Å²) < 4.78 is 0. The van der Waals surface area contributed by atoms with Gasteiger partial charge in [-0.3, -0.25) is 14.9 Å². The lowest BCUT2D eigenvalue weighted by atomic mass is 10.0. The fraction of sp³-hybridized carbons (Fsp3) is 0.882. The van der Waals surface area contributed by atoms with Crippen LogP contribution in [0.25, 0.3) is 0 Å². The Morgan fingerprint density at radius 2 is 0.676 bits per heavy atom. The summed E-state index contributed by atoms with van der Waals surface area (Å²) in [7, 11) is 0. The topological polar surface area (TPSA) is 46.2 Å². The zero-order valence-electron chi connectivity index (χ0n) is 25.3. The summed E-state index contributed by atoms with van der Waals surface area (Å²) in [6.45, 7) is 4.54. The van der Waals surface area contributed by atoms with E-state index in [1.54, 1.807) is 0 Å². The van der Waals surface area contributed by atoms with E-state index in [0.29, 0.717) is 12.8 Å². The van der Waals surface area contributed by atoms with E-state index >= 15 is 0 Å². The van der Waals surface area contributed by atoms with Gasteiger partial charge in [-0.1, -0.05) is 154 Å². The number of amides is 2. The van der Waals surface area contributed by atoms with Gasteiger partial charge in [0.15, 0.2) is 0 Å². The number of hydrogen-bond donors (Lipinski definition) is 1. The number of carbonyl (C=O) groups excluding carboxylic acids is 2. The molecule has 0 aromatic heterocycles. The number of hydrogen-bond acceptors (Lipinski definition) is 2. The van der Waals surface area contributed by atoms with Crippen LogP contribution in [0.5, 0.6) is 0 Å². The Labute approximate surface area is 232 Å². The van der Waals surface area contributed by atoms with Crippen molar-refractivity contribution in [2.24, 2.45) is 0 Å². The maximum Gasteiger partial charge on any atom is 0.226 e. The second kappa shape index (κ2) is 31.1. The molecule has 0 spiro atoms. The van der Waals surface area contributed by atoms with Gasteiger partial charge < -0.3 is 0 Å².